The van der Waals surface area contributed by atoms with E-state index in [0.29, 0.717) is 12.1 Å². The van der Waals surface area contributed by atoms with Crippen LogP contribution in [-0.4, -0.2) is 23.0 Å². The number of aromatic nitrogens is 1. The van der Waals surface area contributed by atoms with Crippen molar-refractivity contribution in [1.82, 2.24) is 20.7 Å². The first-order chi connectivity index (χ1) is 11.4. The summed E-state index contributed by atoms with van der Waals surface area (Å²) in [5, 5.41) is 0. The number of pyridine rings is 1. The Morgan fingerprint density at radius 3 is 3.00 bits per heavy atom. The molecule has 2 aliphatic heterocycles. The smallest absolute Gasteiger partial charge is 0.0575 e. The first-order valence-corrected chi connectivity index (χ1v) is 9.44. The van der Waals surface area contributed by atoms with Gasteiger partial charge in [-0.25, -0.2) is 5.43 Å². The summed E-state index contributed by atoms with van der Waals surface area (Å²) in [5.41, 5.74) is 7.82. The number of hydrogen-bond donors (Lipinski definition) is 2. The molecule has 4 rings (SSSR count). The number of likely N-dealkylation sites (tertiary alicyclic amines) is 1. The van der Waals surface area contributed by atoms with Crippen molar-refractivity contribution in [3.8, 4) is 0 Å². The van der Waals surface area contributed by atoms with Gasteiger partial charge in [-0.1, -0.05) is 12.5 Å². The number of nitrogens with zero attached hydrogens (tertiary/aromatic N) is 2. The first kappa shape index (κ1) is 15.3. The molecule has 4 heterocycles. The van der Waals surface area contributed by atoms with Crippen LogP contribution in [0.3, 0.4) is 0 Å². The quantitative estimate of drug-likeness (QED) is 0.902. The van der Waals surface area contributed by atoms with Crippen LogP contribution in [-0.2, 0) is 6.54 Å². The Bertz CT molecular complexity index is 621. The van der Waals surface area contributed by atoms with Crippen molar-refractivity contribution in [3.05, 3.63) is 52.0 Å². The second-order valence-corrected chi connectivity index (χ2v) is 7.65. The van der Waals surface area contributed by atoms with E-state index in [0.717, 1.165) is 13.1 Å². The lowest BCUT2D eigenvalue weighted by Gasteiger charge is -2.35. The number of piperidine rings is 1. The lowest BCUT2D eigenvalue weighted by atomic mass is 9.99. The van der Waals surface area contributed by atoms with Gasteiger partial charge in [-0.05, 0) is 50.1 Å². The minimum atomic E-state index is 0.474. The van der Waals surface area contributed by atoms with Crippen LogP contribution < -0.4 is 10.9 Å². The van der Waals surface area contributed by atoms with Crippen LogP contribution in [0.1, 0.15) is 53.2 Å². The van der Waals surface area contributed by atoms with Crippen molar-refractivity contribution in [2.75, 3.05) is 13.1 Å². The van der Waals surface area contributed by atoms with Gasteiger partial charge in [0.05, 0.1) is 17.8 Å². The van der Waals surface area contributed by atoms with E-state index < -0.39 is 0 Å². The van der Waals surface area contributed by atoms with Crippen LogP contribution >= 0.6 is 11.3 Å². The van der Waals surface area contributed by atoms with Crippen LogP contribution in [0.4, 0.5) is 0 Å². The van der Waals surface area contributed by atoms with Crippen LogP contribution in [0, 0.1) is 0 Å². The number of thiophene rings is 1. The molecule has 2 atom stereocenters. The summed E-state index contributed by atoms with van der Waals surface area (Å²) in [5.74, 6) is 0. The van der Waals surface area contributed by atoms with Gasteiger partial charge in [0, 0.05) is 29.0 Å². The van der Waals surface area contributed by atoms with E-state index in [-0.39, 0.29) is 0 Å². The van der Waals surface area contributed by atoms with Crippen LogP contribution in [0.2, 0.25) is 0 Å². The maximum atomic E-state index is 4.61. The van der Waals surface area contributed by atoms with Crippen LogP contribution in [0.15, 0.2) is 36.5 Å². The fourth-order valence-electron chi connectivity index (χ4n) is 3.65. The van der Waals surface area contributed by atoms with E-state index in [1.165, 1.54) is 47.7 Å². The van der Waals surface area contributed by atoms with Crippen molar-refractivity contribution < 1.29 is 0 Å². The molecule has 0 radical (unpaired) electrons. The van der Waals surface area contributed by atoms with Gasteiger partial charge in [-0.2, -0.15) is 0 Å². The molecule has 2 aliphatic rings. The Morgan fingerprint density at radius 2 is 2.17 bits per heavy atom. The Morgan fingerprint density at radius 1 is 1.17 bits per heavy atom. The van der Waals surface area contributed by atoms with Gasteiger partial charge >= 0.3 is 0 Å². The summed E-state index contributed by atoms with van der Waals surface area (Å²) in [6.45, 7) is 3.29. The van der Waals surface area contributed by atoms with Crippen LogP contribution in [0.5, 0.6) is 0 Å². The molecular weight excluding hydrogens is 304 g/mol. The Balaban J connectivity index is 1.47. The van der Waals surface area contributed by atoms with Crippen molar-refractivity contribution in [3.63, 3.8) is 0 Å². The Kier molecular flexibility index (Phi) is 4.71. The molecule has 2 aromatic rings. The van der Waals surface area contributed by atoms with Gasteiger partial charge in [-0.15, -0.1) is 11.3 Å². The highest BCUT2D eigenvalue weighted by molar-refractivity contribution is 7.12. The summed E-state index contributed by atoms with van der Waals surface area (Å²) >= 11 is 1.96. The third-order valence-electron chi connectivity index (χ3n) is 4.86. The van der Waals surface area contributed by atoms with Crippen LogP contribution in [0.25, 0.3) is 0 Å². The average Bonchev–Trinajstić information content (AvgIpc) is 3.27. The number of hydrogen-bond acceptors (Lipinski definition) is 5. The molecule has 2 fully saturated rings. The minimum absolute atomic E-state index is 0.474. The fraction of sp³-hybridized carbons (Fsp3) is 0.500. The molecule has 0 saturated carbocycles. The monoisotopic (exact) mass is 328 g/mol. The predicted molar refractivity (Wildman–Crippen MR) is 94.1 cm³/mol. The summed E-state index contributed by atoms with van der Waals surface area (Å²) in [6.07, 6.45) is 6.94. The molecule has 5 heteroatoms. The Hall–Kier alpha value is -1.27. The molecule has 2 saturated heterocycles. The lowest BCUT2D eigenvalue weighted by molar-refractivity contribution is 0.138. The lowest BCUT2D eigenvalue weighted by Crippen LogP contribution is -2.33. The molecule has 0 bridgehead atoms. The van der Waals surface area contributed by atoms with Gasteiger partial charge < -0.3 is 0 Å². The van der Waals surface area contributed by atoms with E-state index in [9.17, 15) is 0 Å². The summed E-state index contributed by atoms with van der Waals surface area (Å²) in [6, 6.07) is 11.9. The van der Waals surface area contributed by atoms with E-state index >= 15 is 0 Å². The third kappa shape index (κ3) is 3.48. The number of hydrazine groups is 1. The maximum absolute atomic E-state index is 4.61. The molecule has 122 valence electrons. The second kappa shape index (κ2) is 7.09. The SMILES string of the molecule is c1ccc(C2CCCCN2Cc2ccc(C3CCNN3)s2)nc1. The predicted octanol–water partition coefficient (Wildman–Crippen LogP) is 3.41. The van der Waals surface area contributed by atoms with Gasteiger partial charge in [0.25, 0.3) is 0 Å². The normalized spacial score (nSPS) is 25.7. The second-order valence-electron chi connectivity index (χ2n) is 6.45. The average molecular weight is 328 g/mol. The first-order valence-electron chi connectivity index (χ1n) is 8.62. The topological polar surface area (TPSA) is 40.2 Å². The highest BCUT2D eigenvalue weighted by Gasteiger charge is 2.26. The van der Waals surface area contributed by atoms with E-state index in [4.69, 9.17) is 0 Å². The third-order valence-corrected chi connectivity index (χ3v) is 6.05. The van der Waals surface area contributed by atoms with Crippen molar-refractivity contribution in [2.24, 2.45) is 0 Å². The standard InChI is InChI=1S/C18H24N4S/c1-3-10-19-15(5-1)17-6-2-4-12-22(17)13-14-7-8-18(23-14)16-9-11-20-21-16/h1,3,5,7-8,10,16-17,20-21H,2,4,6,9,11-13H2. The molecule has 2 unspecified atom stereocenters. The molecule has 0 amide bonds. The summed E-state index contributed by atoms with van der Waals surface area (Å²) < 4.78 is 0. The zero-order valence-electron chi connectivity index (χ0n) is 13.4. The molecular formula is C18H24N4S. The van der Waals surface area contributed by atoms with Crippen molar-refractivity contribution >= 4 is 11.3 Å². The Labute approximate surface area is 141 Å². The molecule has 0 aliphatic carbocycles. The molecule has 0 spiro atoms. The fourth-order valence-corrected chi connectivity index (χ4v) is 4.78. The summed E-state index contributed by atoms with van der Waals surface area (Å²) in [4.78, 5) is 10.1. The van der Waals surface area contributed by atoms with Crippen molar-refractivity contribution in [2.45, 2.75) is 44.3 Å². The van der Waals surface area contributed by atoms with Crippen molar-refractivity contribution in [1.29, 1.82) is 0 Å². The van der Waals surface area contributed by atoms with Gasteiger partial charge in [-0.3, -0.25) is 15.3 Å². The zero-order chi connectivity index (χ0) is 15.5. The highest BCUT2D eigenvalue weighted by Crippen LogP contribution is 2.33. The molecule has 4 nitrogen and oxygen atoms in total. The van der Waals surface area contributed by atoms with Gasteiger partial charge in [0.2, 0.25) is 0 Å². The van der Waals surface area contributed by atoms with E-state index in [1.807, 2.05) is 23.6 Å². The molecule has 0 aromatic carbocycles. The summed E-state index contributed by atoms with van der Waals surface area (Å²) in [7, 11) is 0. The van der Waals surface area contributed by atoms with Gasteiger partial charge in [0.15, 0.2) is 0 Å². The van der Waals surface area contributed by atoms with E-state index in [2.05, 4.69) is 45.0 Å². The number of rotatable bonds is 4. The molecule has 2 aromatic heterocycles. The number of nitrogens with one attached hydrogen (secondary N) is 2. The molecule has 2 N–H and O–H groups in total. The highest BCUT2D eigenvalue weighted by atomic mass is 32.1. The largest absolute Gasteiger partial charge is 0.290 e. The maximum Gasteiger partial charge on any atom is 0.0575 e. The molecule has 23 heavy (non-hydrogen) atoms. The van der Waals surface area contributed by atoms with Gasteiger partial charge in [0.1, 0.15) is 0 Å². The minimum Gasteiger partial charge on any atom is -0.290 e. The zero-order valence-corrected chi connectivity index (χ0v) is 14.2. The van der Waals surface area contributed by atoms with E-state index in [1.54, 1.807) is 0 Å².